The molecule has 2 heterocycles. The van der Waals surface area contributed by atoms with E-state index in [9.17, 15) is 4.79 Å². The molecule has 0 spiro atoms. The average Bonchev–Trinajstić information content (AvgIpc) is 3.27. The predicted molar refractivity (Wildman–Crippen MR) is 106 cm³/mol. The molecule has 0 aliphatic rings. The van der Waals surface area contributed by atoms with Gasteiger partial charge in [0.15, 0.2) is 0 Å². The van der Waals surface area contributed by atoms with E-state index in [1.807, 2.05) is 43.6 Å². The van der Waals surface area contributed by atoms with Gasteiger partial charge in [-0.1, -0.05) is 31.2 Å². The molecular formula is C21H20N2O2S. The summed E-state index contributed by atoms with van der Waals surface area (Å²) < 4.78 is 7.05. The van der Waals surface area contributed by atoms with Gasteiger partial charge in [0.05, 0.1) is 13.2 Å². The normalized spacial score (nSPS) is 10.5. The fraction of sp³-hybridized carbons (Fsp3) is 0.238. The molecule has 0 aliphatic carbocycles. The van der Waals surface area contributed by atoms with Gasteiger partial charge in [0.2, 0.25) is 5.69 Å². The first kappa shape index (κ1) is 18.0. The van der Waals surface area contributed by atoms with Gasteiger partial charge in [-0.2, -0.15) is 11.3 Å². The lowest BCUT2D eigenvalue weighted by molar-refractivity contribution is 0.0516. The van der Waals surface area contributed by atoms with E-state index < -0.39 is 5.97 Å². The highest BCUT2D eigenvalue weighted by Gasteiger charge is 2.26. The summed E-state index contributed by atoms with van der Waals surface area (Å²) in [4.78, 5) is 16.3. The predicted octanol–water partition coefficient (Wildman–Crippen LogP) is 5.71. The first-order chi connectivity index (χ1) is 12.6. The lowest BCUT2D eigenvalue weighted by Crippen LogP contribution is -2.12. The van der Waals surface area contributed by atoms with Crippen molar-refractivity contribution in [2.75, 3.05) is 6.61 Å². The van der Waals surface area contributed by atoms with E-state index in [4.69, 9.17) is 11.3 Å². The van der Waals surface area contributed by atoms with Crippen LogP contribution in [0.15, 0.2) is 41.1 Å². The van der Waals surface area contributed by atoms with E-state index >= 15 is 0 Å². The van der Waals surface area contributed by atoms with E-state index in [2.05, 4.69) is 16.3 Å². The van der Waals surface area contributed by atoms with Crippen LogP contribution in [-0.2, 0) is 18.2 Å². The smallest absolute Gasteiger partial charge is 0.354 e. The van der Waals surface area contributed by atoms with Crippen molar-refractivity contribution in [1.82, 2.24) is 4.57 Å². The minimum absolute atomic E-state index is 0.301. The zero-order chi connectivity index (χ0) is 18.7. The molecule has 0 saturated carbocycles. The largest absolute Gasteiger partial charge is 0.461 e. The Bertz CT molecular complexity index is 961. The second-order valence-electron chi connectivity index (χ2n) is 5.85. The quantitative estimate of drug-likeness (QED) is 0.429. The number of thiophene rings is 1. The van der Waals surface area contributed by atoms with Crippen molar-refractivity contribution in [2.24, 2.45) is 7.05 Å². The molecule has 132 valence electrons. The Kier molecular flexibility index (Phi) is 5.24. The third-order valence-electron chi connectivity index (χ3n) is 4.43. The van der Waals surface area contributed by atoms with Crippen LogP contribution >= 0.6 is 11.3 Å². The molecule has 3 rings (SSSR count). The Labute approximate surface area is 157 Å². The molecular weight excluding hydrogens is 344 g/mol. The molecule has 0 fully saturated rings. The number of rotatable bonds is 5. The topological polar surface area (TPSA) is 35.6 Å². The van der Waals surface area contributed by atoms with Gasteiger partial charge in [0.25, 0.3) is 0 Å². The summed E-state index contributed by atoms with van der Waals surface area (Å²) in [6, 6.07) is 10.1. The summed E-state index contributed by atoms with van der Waals surface area (Å²) in [7, 11) is 1.82. The van der Waals surface area contributed by atoms with Crippen LogP contribution in [0, 0.1) is 6.57 Å². The van der Waals surface area contributed by atoms with Gasteiger partial charge in [-0.25, -0.2) is 9.64 Å². The summed E-state index contributed by atoms with van der Waals surface area (Å²) in [6.07, 6.45) is 0.674. The Morgan fingerprint density at radius 1 is 1.15 bits per heavy atom. The molecule has 0 aliphatic heterocycles. The second-order valence-corrected chi connectivity index (χ2v) is 6.63. The van der Waals surface area contributed by atoms with Crippen LogP contribution in [-0.4, -0.2) is 17.1 Å². The number of ether oxygens (including phenoxy) is 1. The van der Waals surface area contributed by atoms with Gasteiger partial charge in [0, 0.05) is 18.3 Å². The van der Waals surface area contributed by atoms with E-state index in [-0.39, 0.29) is 0 Å². The highest BCUT2D eigenvalue weighted by molar-refractivity contribution is 7.08. The molecule has 2 aromatic heterocycles. The molecule has 4 nitrogen and oxygen atoms in total. The molecule has 0 amide bonds. The van der Waals surface area contributed by atoms with Crippen LogP contribution in [0.3, 0.4) is 0 Å². The highest BCUT2D eigenvalue weighted by Crippen LogP contribution is 2.40. The second kappa shape index (κ2) is 7.59. The van der Waals surface area contributed by atoms with Gasteiger partial charge in [-0.15, -0.1) is 0 Å². The fourth-order valence-electron chi connectivity index (χ4n) is 3.21. The molecule has 5 heteroatoms. The van der Waals surface area contributed by atoms with Crippen molar-refractivity contribution in [3.05, 3.63) is 63.9 Å². The Morgan fingerprint density at radius 3 is 2.38 bits per heavy atom. The summed E-state index contributed by atoms with van der Waals surface area (Å²) in [5, 5.41) is 4.14. The lowest BCUT2D eigenvalue weighted by Gasteiger charge is -2.09. The van der Waals surface area contributed by atoms with Crippen molar-refractivity contribution in [3.8, 4) is 22.3 Å². The Morgan fingerprint density at radius 2 is 1.85 bits per heavy atom. The van der Waals surface area contributed by atoms with Crippen LogP contribution in [0.5, 0.6) is 0 Å². The zero-order valence-corrected chi connectivity index (χ0v) is 15.9. The maximum absolute atomic E-state index is 12.6. The van der Waals surface area contributed by atoms with E-state index in [0.29, 0.717) is 30.0 Å². The standard InChI is InChI=1S/C21H20N2O2S/c1-5-17-19(22-3)18(20(23(17)4)21(24)25-6-2)15-9-7-14(8-10-15)16-11-12-26-13-16/h7-13H,5-6H2,1-2,4H3. The van der Waals surface area contributed by atoms with Gasteiger partial charge < -0.3 is 9.30 Å². The third-order valence-corrected chi connectivity index (χ3v) is 5.11. The van der Waals surface area contributed by atoms with E-state index in [1.54, 1.807) is 22.8 Å². The lowest BCUT2D eigenvalue weighted by atomic mass is 10.00. The molecule has 3 aromatic rings. The summed E-state index contributed by atoms with van der Waals surface area (Å²) >= 11 is 1.66. The summed E-state index contributed by atoms with van der Waals surface area (Å²) in [6.45, 7) is 11.7. The first-order valence-corrected chi connectivity index (χ1v) is 9.45. The monoisotopic (exact) mass is 364 g/mol. The number of aromatic nitrogens is 1. The number of hydrogen-bond acceptors (Lipinski definition) is 3. The fourth-order valence-corrected chi connectivity index (χ4v) is 3.88. The maximum atomic E-state index is 12.6. The molecule has 0 atom stereocenters. The summed E-state index contributed by atoms with van der Waals surface area (Å²) in [5.74, 6) is -0.392. The molecule has 0 saturated heterocycles. The van der Waals surface area contributed by atoms with Crippen molar-refractivity contribution >= 4 is 23.0 Å². The minimum atomic E-state index is -0.392. The van der Waals surface area contributed by atoms with Gasteiger partial charge in [-0.05, 0) is 46.9 Å². The van der Waals surface area contributed by atoms with Gasteiger partial charge in [0.1, 0.15) is 5.69 Å². The minimum Gasteiger partial charge on any atom is -0.461 e. The number of carbonyl (C=O) groups is 1. The maximum Gasteiger partial charge on any atom is 0.354 e. The van der Waals surface area contributed by atoms with Gasteiger partial charge in [-0.3, -0.25) is 0 Å². The zero-order valence-electron chi connectivity index (χ0n) is 15.1. The SMILES string of the molecule is [C-]#[N+]c1c(-c2ccc(-c3ccsc3)cc2)c(C(=O)OCC)n(C)c1CC. The number of hydrogen-bond donors (Lipinski definition) is 0. The molecule has 0 N–H and O–H groups in total. The van der Waals surface area contributed by atoms with Crippen molar-refractivity contribution in [2.45, 2.75) is 20.3 Å². The Balaban J connectivity index is 2.17. The molecule has 1 aromatic carbocycles. The number of benzene rings is 1. The van der Waals surface area contributed by atoms with Crippen LogP contribution in [0.2, 0.25) is 0 Å². The Hall–Kier alpha value is -2.84. The van der Waals surface area contributed by atoms with Crippen molar-refractivity contribution < 1.29 is 9.53 Å². The highest BCUT2D eigenvalue weighted by atomic mass is 32.1. The van der Waals surface area contributed by atoms with Crippen LogP contribution < -0.4 is 0 Å². The molecule has 0 unspecified atom stereocenters. The van der Waals surface area contributed by atoms with E-state index in [1.165, 1.54) is 5.56 Å². The number of esters is 1. The van der Waals surface area contributed by atoms with Gasteiger partial charge >= 0.3 is 5.97 Å². The van der Waals surface area contributed by atoms with Crippen molar-refractivity contribution in [3.63, 3.8) is 0 Å². The average molecular weight is 364 g/mol. The summed E-state index contributed by atoms with van der Waals surface area (Å²) in [5.41, 5.74) is 5.62. The molecule has 0 radical (unpaired) electrons. The number of nitrogens with zero attached hydrogens (tertiary/aromatic N) is 2. The number of carbonyl (C=O) groups excluding carboxylic acids is 1. The van der Waals surface area contributed by atoms with Crippen molar-refractivity contribution in [1.29, 1.82) is 0 Å². The van der Waals surface area contributed by atoms with Crippen LogP contribution in [0.25, 0.3) is 27.1 Å². The van der Waals surface area contributed by atoms with Crippen LogP contribution in [0.4, 0.5) is 5.69 Å². The first-order valence-electron chi connectivity index (χ1n) is 8.51. The molecule has 26 heavy (non-hydrogen) atoms. The van der Waals surface area contributed by atoms with E-state index in [0.717, 1.165) is 16.8 Å². The molecule has 0 bridgehead atoms. The van der Waals surface area contributed by atoms with Crippen LogP contribution in [0.1, 0.15) is 30.0 Å². The third kappa shape index (κ3) is 3.04.